The molecule has 1 atom stereocenters. The Bertz CT molecular complexity index is 410. The van der Waals surface area contributed by atoms with Crippen LogP contribution in [0.2, 0.25) is 0 Å². The maximum absolute atomic E-state index is 4.26. The second-order valence-electron chi connectivity index (χ2n) is 7.14. The first-order valence-electron chi connectivity index (χ1n) is 6.41. The second-order valence-corrected chi connectivity index (χ2v) is 7.14. The SMILES string of the molecule is CC(C)(C)C1c2ccncc2CN1C(C)(C)C. The Kier molecular flexibility index (Phi) is 2.81. The number of nitrogens with zero attached hydrogens (tertiary/aromatic N) is 2. The van der Waals surface area contributed by atoms with Crippen molar-refractivity contribution in [1.82, 2.24) is 9.88 Å². The molecule has 17 heavy (non-hydrogen) atoms. The fraction of sp³-hybridized carbons (Fsp3) is 0.667. The molecule has 0 saturated heterocycles. The van der Waals surface area contributed by atoms with Crippen molar-refractivity contribution in [3.05, 3.63) is 29.6 Å². The largest absolute Gasteiger partial charge is 0.287 e. The maximum atomic E-state index is 4.26. The zero-order valence-corrected chi connectivity index (χ0v) is 11.9. The van der Waals surface area contributed by atoms with Crippen molar-refractivity contribution in [3.63, 3.8) is 0 Å². The van der Waals surface area contributed by atoms with E-state index in [4.69, 9.17) is 0 Å². The van der Waals surface area contributed by atoms with Crippen molar-refractivity contribution in [2.45, 2.75) is 59.7 Å². The van der Waals surface area contributed by atoms with Crippen LogP contribution in [0.5, 0.6) is 0 Å². The van der Waals surface area contributed by atoms with Gasteiger partial charge in [0, 0.05) is 30.5 Å². The number of hydrogen-bond acceptors (Lipinski definition) is 2. The molecular formula is C15H24N2. The first-order valence-corrected chi connectivity index (χ1v) is 6.41. The van der Waals surface area contributed by atoms with Crippen LogP contribution in [-0.4, -0.2) is 15.4 Å². The molecule has 94 valence electrons. The lowest BCUT2D eigenvalue weighted by atomic mass is 9.81. The van der Waals surface area contributed by atoms with Gasteiger partial charge in [0.15, 0.2) is 0 Å². The van der Waals surface area contributed by atoms with Crippen LogP contribution >= 0.6 is 0 Å². The minimum absolute atomic E-state index is 0.191. The van der Waals surface area contributed by atoms with E-state index in [1.807, 2.05) is 12.4 Å². The summed E-state index contributed by atoms with van der Waals surface area (Å²) in [4.78, 5) is 6.86. The van der Waals surface area contributed by atoms with Gasteiger partial charge in [-0.15, -0.1) is 0 Å². The molecule has 1 aliphatic heterocycles. The highest BCUT2D eigenvalue weighted by Gasteiger charge is 2.42. The molecule has 0 amide bonds. The molecule has 0 saturated carbocycles. The smallest absolute Gasteiger partial charge is 0.0409 e. The summed E-state index contributed by atoms with van der Waals surface area (Å²) in [5.41, 5.74) is 3.29. The molecule has 0 N–H and O–H groups in total. The highest BCUT2D eigenvalue weighted by molar-refractivity contribution is 5.33. The normalized spacial score (nSPS) is 21.6. The summed E-state index contributed by atoms with van der Waals surface area (Å²) in [6.45, 7) is 14.9. The van der Waals surface area contributed by atoms with Gasteiger partial charge in [-0.3, -0.25) is 9.88 Å². The van der Waals surface area contributed by atoms with Gasteiger partial charge in [-0.2, -0.15) is 0 Å². The lowest BCUT2D eigenvalue weighted by Crippen LogP contribution is -2.44. The summed E-state index contributed by atoms with van der Waals surface area (Å²) in [5.74, 6) is 0. The zero-order valence-electron chi connectivity index (χ0n) is 11.9. The van der Waals surface area contributed by atoms with E-state index in [9.17, 15) is 0 Å². The van der Waals surface area contributed by atoms with Gasteiger partial charge in [-0.05, 0) is 43.4 Å². The topological polar surface area (TPSA) is 16.1 Å². The lowest BCUT2D eigenvalue weighted by molar-refractivity contribution is 0.0308. The third-order valence-corrected chi connectivity index (χ3v) is 3.57. The van der Waals surface area contributed by atoms with Crippen LogP contribution in [0.15, 0.2) is 18.5 Å². The standard InChI is InChI=1S/C15H24N2/c1-14(2,3)13-12-7-8-16-9-11(12)10-17(13)15(4,5)6/h7-9,13H,10H2,1-6H3. The van der Waals surface area contributed by atoms with E-state index in [1.54, 1.807) is 0 Å². The summed E-state index contributed by atoms with van der Waals surface area (Å²) >= 11 is 0. The second kappa shape index (κ2) is 3.81. The number of fused-ring (bicyclic) bond motifs is 1. The number of rotatable bonds is 0. The fourth-order valence-corrected chi connectivity index (χ4v) is 2.84. The maximum Gasteiger partial charge on any atom is 0.0409 e. The van der Waals surface area contributed by atoms with Crippen molar-refractivity contribution in [3.8, 4) is 0 Å². The molecule has 1 aliphatic rings. The molecule has 1 aromatic rings. The lowest BCUT2D eigenvalue weighted by Gasteiger charge is -2.43. The highest BCUT2D eigenvalue weighted by atomic mass is 15.2. The summed E-state index contributed by atoms with van der Waals surface area (Å²) < 4.78 is 0. The third-order valence-electron chi connectivity index (χ3n) is 3.57. The van der Waals surface area contributed by atoms with E-state index in [2.05, 4.69) is 57.5 Å². The minimum atomic E-state index is 0.191. The van der Waals surface area contributed by atoms with E-state index in [0.717, 1.165) is 6.54 Å². The Morgan fingerprint density at radius 1 is 1.18 bits per heavy atom. The predicted molar refractivity (Wildman–Crippen MR) is 71.7 cm³/mol. The van der Waals surface area contributed by atoms with Crippen LogP contribution in [-0.2, 0) is 6.54 Å². The fourth-order valence-electron chi connectivity index (χ4n) is 2.84. The summed E-state index contributed by atoms with van der Waals surface area (Å²) in [7, 11) is 0. The Hall–Kier alpha value is -0.890. The van der Waals surface area contributed by atoms with Gasteiger partial charge in [-0.25, -0.2) is 0 Å². The molecule has 0 aromatic carbocycles. The number of pyridine rings is 1. The van der Waals surface area contributed by atoms with Gasteiger partial charge in [0.25, 0.3) is 0 Å². The van der Waals surface area contributed by atoms with Gasteiger partial charge < -0.3 is 0 Å². The molecule has 2 heteroatoms. The van der Waals surface area contributed by atoms with E-state index in [0.29, 0.717) is 6.04 Å². The van der Waals surface area contributed by atoms with Crippen molar-refractivity contribution < 1.29 is 0 Å². The van der Waals surface area contributed by atoms with Crippen molar-refractivity contribution in [2.75, 3.05) is 0 Å². The van der Waals surface area contributed by atoms with Crippen molar-refractivity contribution >= 4 is 0 Å². The molecule has 2 heterocycles. The average molecular weight is 232 g/mol. The first-order chi connectivity index (χ1) is 7.71. The molecule has 1 unspecified atom stereocenters. The van der Waals surface area contributed by atoms with Gasteiger partial charge in [0.2, 0.25) is 0 Å². The van der Waals surface area contributed by atoms with Crippen LogP contribution in [0.4, 0.5) is 0 Å². The molecule has 0 fully saturated rings. The number of hydrogen-bond donors (Lipinski definition) is 0. The van der Waals surface area contributed by atoms with Gasteiger partial charge in [0.05, 0.1) is 0 Å². The van der Waals surface area contributed by atoms with Gasteiger partial charge in [0.1, 0.15) is 0 Å². The molecular weight excluding hydrogens is 208 g/mol. The quantitative estimate of drug-likeness (QED) is 0.676. The Morgan fingerprint density at radius 3 is 2.35 bits per heavy atom. The molecule has 0 radical (unpaired) electrons. The van der Waals surface area contributed by atoms with E-state index < -0.39 is 0 Å². The van der Waals surface area contributed by atoms with Crippen LogP contribution in [0, 0.1) is 5.41 Å². The summed E-state index contributed by atoms with van der Waals surface area (Å²) in [6, 6.07) is 2.68. The van der Waals surface area contributed by atoms with E-state index in [-0.39, 0.29) is 11.0 Å². The minimum Gasteiger partial charge on any atom is -0.287 e. The highest BCUT2D eigenvalue weighted by Crippen LogP contribution is 2.47. The van der Waals surface area contributed by atoms with Crippen LogP contribution in [0.1, 0.15) is 58.7 Å². The molecule has 1 aromatic heterocycles. The molecule has 2 nitrogen and oxygen atoms in total. The number of aromatic nitrogens is 1. The molecule has 0 aliphatic carbocycles. The molecule has 0 bridgehead atoms. The first kappa shape index (κ1) is 12.6. The molecule has 0 spiro atoms. The summed E-state index contributed by atoms with van der Waals surface area (Å²) in [6.07, 6.45) is 3.95. The Morgan fingerprint density at radius 2 is 1.82 bits per heavy atom. The average Bonchev–Trinajstić information content (AvgIpc) is 2.54. The van der Waals surface area contributed by atoms with Crippen LogP contribution in [0.3, 0.4) is 0 Å². The van der Waals surface area contributed by atoms with Gasteiger partial charge in [-0.1, -0.05) is 20.8 Å². The van der Waals surface area contributed by atoms with E-state index >= 15 is 0 Å². The van der Waals surface area contributed by atoms with Crippen LogP contribution in [0.25, 0.3) is 0 Å². The third kappa shape index (κ3) is 2.23. The molecule has 2 rings (SSSR count). The predicted octanol–water partition coefficient (Wildman–Crippen LogP) is 3.78. The van der Waals surface area contributed by atoms with Gasteiger partial charge >= 0.3 is 0 Å². The zero-order chi connectivity index (χ0) is 12.8. The summed E-state index contributed by atoms with van der Waals surface area (Å²) in [5, 5.41) is 0. The van der Waals surface area contributed by atoms with Crippen LogP contribution < -0.4 is 0 Å². The monoisotopic (exact) mass is 232 g/mol. The Labute approximate surface area is 105 Å². The van der Waals surface area contributed by atoms with Crippen molar-refractivity contribution in [1.29, 1.82) is 0 Å². The Balaban J connectivity index is 2.48. The van der Waals surface area contributed by atoms with E-state index in [1.165, 1.54) is 11.1 Å². The van der Waals surface area contributed by atoms with Crippen molar-refractivity contribution in [2.24, 2.45) is 5.41 Å².